The molecule has 0 fully saturated rings. The number of hydrogen-bond acceptors (Lipinski definition) is 1. The lowest BCUT2D eigenvalue weighted by molar-refractivity contribution is 0.128. The zero-order chi connectivity index (χ0) is 13.4. The molecule has 0 saturated carbocycles. The average Bonchev–Trinajstić information content (AvgIpc) is 2.75. The summed E-state index contributed by atoms with van der Waals surface area (Å²) in [6.07, 6.45) is -1.78. The van der Waals surface area contributed by atoms with Crippen LogP contribution in [0.1, 0.15) is 29.2 Å². The number of benzene rings is 2. The summed E-state index contributed by atoms with van der Waals surface area (Å²) in [5.41, 5.74) is 11.5. The van der Waals surface area contributed by atoms with Crippen molar-refractivity contribution in [3.05, 3.63) is 59.2 Å². The van der Waals surface area contributed by atoms with E-state index in [0.717, 1.165) is 12.0 Å². The highest BCUT2D eigenvalue weighted by molar-refractivity contribution is 5.85. The van der Waals surface area contributed by atoms with Crippen molar-refractivity contribution in [1.82, 2.24) is 0 Å². The molecule has 0 heterocycles. The second kappa shape index (κ2) is 5.90. The van der Waals surface area contributed by atoms with Crippen molar-refractivity contribution in [2.24, 2.45) is 5.73 Å². The monoisotopic (exact) mass is 295 g/mol. The minimum atomic E-state index is -2.36. The van der Waals surface area contributed by atoms with Gasteiger partial charge in [-0.05, 0) is 34.2 Å². The molecule has 0 spiro atoms. The molecule has 2 N–H and O–H groups in total. The fraction of sp³-hybridized carbons (Fsp3) is 0.250. The molecule has 1 atom stereocenters. The number of alkyl halides is 2. The van der Waals surface area contributed by atoms with Gasteiger partial charge in [-0.25, -0.2) is 8.78 Å². The Morgan fingerprint density at radius 2 is 1.70 bits per heavy atom. The van der Waals surface area contributed by atoms with Crippen molar-refractivity contribution in [2.45, 2.75) is 25.3 Å². The third kappa shape index (κ3) is 2.69. The molecule has 20 heavy (non-hydrogen) atoms. The van der Waals surface area contributed by atoms with E-state index in [4.69, 9.17) is 5.73 Å². The quantitative estimate of drug-likeness (QED) is 0.764. The lowest BCUT2D eigenvalue weighted by Crippen LogP contribution is -2.14. The number of fused-ring (bicyclic) bond motifs is 3. The van der Waals surface area contributed by atoms with Crippen molar-refractivity contribution in [1.29, 1.82) is 0 Å². The largest absolute Gasteiger partial charge is 0.324 e. The Balaban J connectivity index is 0.00000147. The second-order valence-corrected chi connectivity index (χ2v) is 4.98. The lowest BCUT2D eigenvalue weighted by atomic mass is 9.98. The molecular formula is C16H16ClF2N. The van der Waals surface area contributed by atoms with Crippen LogP contribution in [0, 0.1) is 0 Å². The molecule has 2 aromatic carbocycles. The lowest BCUT2D eigenvalue weighted by Gasteiger charge is -2.13. The topological polar surface area (TPSA) is 26.0 Å². The van der Waals surface area contributed by atoms with Gasteiger partial charge in [0.25, 0.3) is 0 Å². The minimum absolute atomic E-state index is 0. The minimum Gasteiger partial charge on any atom is -0.324 e. The molecule has 0 unspecified atom stereocenters. The first-order valence-corrected chi connectivity index (χ1v) is 6.40. The Morgan fingerprint density at radius 1 is 1.00 bits per heavy atom. The first-order chi connectivity index (χ1) is 9.15. The highest BCUT2D eigenvalue weighted by atomic mass is 35.5. The van der Waals surface area contributed by atoms with E-state index in [1.807, 2.05) is 30.3 Å². The Labute approximate surface area is 123 Å². The fourth-order valence-electron chi connectivity index (χ4n) is 2.72. The number of nitrogens with two attached hydrogens (primary N) is 1. The van der Waals surface area contributed by atoms with Gasteiger partial charge in [-0.3, -0.25) is 0 Å². The van der Waals surface area contributed by atoms with Crippen molar-refractivity contribution in [3.63, 3.8) is 0 Å². The van der Waals surface area contributed by atoms with Crippen LogP contribution in [0.5, 0.6) is 0 Å². The van der Waals surface area contributed by atoms with Crippen molar-refractivity contribution < 1.29 is 8.78 Å². The van der Waals surface area contributed by atoms with Crippen LogP contribution in [0.3, 0.4) is 0 Å². The Kier molecular flexibility index (Phi) is 4.41. The fourth-order valence-corrected chi connectivity index (χ4v) is 2.72. The molecule has 0 amide bonds. The summed E-state index contributed by atoms with van der Waals surface area (Å²) >= 11 is 0. The van der Waals surface area contributed by atoms with Gasteiger partial charge in [-0.2, -0.15) is 0 Å². The molecule has 0 aromatic heterocycles. The number of rotatable bonds is 3. The van der Waals surface area contributed by atoms with E-state index >= 15 is 0 Å². The van der Waals surface area contributed by atoms with Crippen LogP contribution >= 0.6 is 12.4 Å². The summed E-state index contributed by atoms with van der Waals surface area (Å²) in [4.78, 5) is 0. The van der Waals surface area contributed by atoms with E-state index in [1.54, 1.807) is 0 Å². The highest BCUT2D eigenvalue weighted by Crippen LogP contribution is 2.37. The number of halogens is 3. The summed E-state index contributed by atoms with van der Waals surface area (Å²) < 4.78 is 24.8. The van der Waals surface area contributed by atoms with Crippen LogP contribution in [-0.2, 0) is 6.42 Å². The Bertz CT molecular complexity index is 613. The summed E-state index contributed by atoms with van der Waals surface area (Å²) in [7, 11) is 0. The molecule has 4 heteroatoms. The van der Waals surface area contributed by atoms with Gasteiger partial charge >= 0.3 is 0 Å². The highest BCUT2D eigenvalue weighted by Gasteiger charge is 2.20. The summed E-state index contributed by atoms with van der Waals surface area (Å²) in [5.74, 6) is 0. The Hall–Kier alpha value is -1.45. The van der Waals surface area contributed by atoms with Gasteiger partial charge in [0.1, 0.15) is 0 Å². The van der Waals surface area contributed by atoms with Gasteiger partial charge in [0.05, 0.1) is 0 Å². The van der Waals surface area contributed by atoms with Gasteiger partial charge in [-0.1, -0.05) is 42.5 Å². The van der Waals surface area contributed by atoms with Gasteiger partial charge in [0.2, 0.25) is 6.43 Å². The zero-order valence-electron chi connectivity index (χ0n) is 10.9. The van der Waals surface area contributed by atoms with Gasteiger partial charge in [0, 0.05) is 12.5 Å². The van der Waals surface area contributed by atoms with Gasteiger partial charge in [-0.15, -0.1) is 12.4 Å². The maximum Gasteiger partial charge on any atom is 0.240 e. The average molecular weight is 296 g/mol. The molecule has 0 bridgehead atoms. The molecule has 0 aliphatic heterocycles. The summed E-state index contributed by atoms with van der Waals surface area (Å²) in [6, 6.07) is 13.5. The first kappa shape index (κ1) is 14.9. The van der Waals surface area contributed by atoms with Crippen LogP contribution in [0.15, 0.2) is 42.5 Å². The summed E-state index contributed by atoms with van der Waals surface area (Å²) in [6.45, 7) is 0. The van der Waals surface area contributed by atoms with Crippen LogP contribution in [-0.4, -0.2) is 6.43 Å². The predicted molar refractivity (Wildman–Crippen MR) is 79.5 cm³/mol. The molecule has 1 nitrogen and oxygen atoms in total. The van der Waals surface area contributed by atoms with Crippen LogP contribution in [0.4, 0.5) is 8.78 Å². The summed E-state index contributed by atoms with van der Waals surface area (Å²) in [5, 5.41) is 0. The van der Waals surface area contributed by atoms with E-state index < -0.39 is 12.5 Å². The third-order valence-corrected chi connectivity index (χ3v) is 3.68. The van der Waals surface area contributed by atoms with Crippen LogP contribution in [0.25, 0.3) is 11.1 Å². The van der Waals surface area contributed by atoms with Crippen LogP contribution in [0.2, 0.25) is 0 Å². The van der Waals surface area contributed by atoms with Crippen molar-refractivity contribution in [3.8, 4) is 11.1 Å². The molecule has 1 aliphatic carbocycles. The molecule has 2 aromatic rings. The van der Waals surface area contributed by atoms with E-state index in [-0.39, 0.29) is 18.8 Å². The third-order valence-electron chi connectivity index (χ3n) is 3.68. The Morgan fingerprint density at radius 3 is 2.45 bits per heavy atom. The van der Waals surface area contributed by atoms with Crippen LogP contribution < -0.4 is 5.73 Å². The standard InChI is InChI=1S/C16H15F2N.ClH/c17-16(18)9-15(19)11-5-6-14-12(8-11)7-10-3-1-2-4-13(10)14;/h1-6,8,15-16H,7,9,19H2;1H/t15-;/m0./s1. The molecule has 3 rings (SSSR count). The maximum atomic E-state index is 12.4. The van der Waals surface area contributed by atoms with E-state index in [0.29, 0.717) is 0 Å². The van der Waals surface area contributed by atoms with E-state index in [9.17, 15) is 8.78 Å². The first-order valence-electron chi connectivity index (χ1n) is 6.40. The van der Waals surface area contributed by atoms with Crippen molar-refractivity contribution in [2.75, 3.05) is 0 Å². The number of hydrogen-bond donors (Lipinski definition) is 1. The molecule has 0 radical (unpaired) electrons. The SMILES string of the molecule is Cl.N[C@@H](CC(F)F)c1ccc2c(c1)Cc1ccccc1-2. The molecular weight excluding hydrogens is 280 g/mol. The zero-order valence-corrected chi connectivity index (χ0v) is 11.7. The maximum absolute atomic E-state index is 12.4. The van der Waals surface area contributed by atoms with Gasteiger partial charge < -0.3 is 5.73 Å². The molecule has 1 aliphatic rings. The van der Waals surface area contributed by atoms with E-state index in [1.165, 1.54) is 22.3 Å². The smallest absolute Gasteiger partial charge is 0.240 e. The molecule has 106 valence electrons. The van der Waals surface area contributed by atoms with Gasteiger partial charge in [0.15, 0.2) is 0 Å². The van der Waals surface area contributed by atoms with E-state index in [2.05, 4.69) is 12.1 Å². The predicted octanol–water partition coefficient (Wildman–Crippen LogP) is 4.33. The van der Waals surface area contributed by atoms with Crippen molar-refractivity contribution >= 4 is 12.4 Å². The normalized spacial score (nSPS) is 13.6. The second-order valence-electron chi connectivity index (χ2n) is 4.98. The molecule has 0 saturated heterocycles.